The molecule has 0 heterocycles. The van der Waals surface area contributed by atoms with Gasteiger partial charge in [0.25, 0.3) is 15.9 Å². The second-order valence-corrected chi connectivity index (χ2v) is 8.02. The van der Waals surface area contributed by atoms with E-state index in [0.29, 0.717) is 22.8 Å². The minimum Gasteiger partial charge on any atom is -0.352 e. The van der Waals surface area contributed by atoms with Crippen LogP contribution in [0.3, 0.4) is 0 Å². The lowest BCUT2D eigenvalue weighted by atomic mass is 10.2. The molecule has 2 rings (SSSR count). The number of carbonyl (C=O) groups is 1. The number of benzene rings is 2. The largest absolute Gasteiger partial charge is 0.352 e. The van der Waals surface area contributed by atoms with Crippen molar-refractivity contribution in [1.82, 2.24) is 5.32 Å². The van der Waals surface area contributed by atoms with Crippen LogP contribution in [-0.2, 0) is 10.0 Å². The molecule has 140 valence electrons. The average molecular weight is 395 g/mol. The number of unbranched alkanes of at least 4 members (excludes halogenated alkanes) is 3. The van der Waals surface area contributed by atoms with Crippen LogP contribution in [0.25, 0.3) is 0 Å². The minimum atomic E-state index is -3.84. The zero-order chi connectivity index (χ0) is 19.0. The van der Waals surface area contributed by atoms with Gasteiger partial charge in [0.2, 0.25) is 0 Å². The van der Waals surface area contributed by atoms with Crippen molar-refractivity contribution < 1.29 is 13.2 Å². The molecule has 0 saturated carbocycles. The number of hydrogen-bond donors (Lipinski definition) is 2. The topological polar surface area (TPSA) is 75.3 Å². The quantitative estimate of drug-likeness (QED) is 0.617. The smallest absolute Gasteiger partial charge is 0.261 e. The predicted molar refractivity (Wildman–Crippen MR) is 105 cm³/mol. The first kappa shape index (κ1) is 20.3. The monoisotopic (exact) mass is 394 g/mol. The standard InChI is InChI=1S/C19H23ClN2O3S/c1-2-3-4-7-13-21-19(23)15-9-8-10-16(14-15)26(24,25)22-18-12-6-5-11-17(18)20/h5-6,8-12,14,22H,2-4,7,13H2,1H3,(H,21,23). The summed E-state index contributed by atoms with van der Waals surface area (Å²) in [6.07, 6.45) is 4.24. The Hall–Kier alpha value is -2.05. The Morgan fingerprint density at radius 2 is 1.81 bits per heavy atom. The number of sulfonamides is 1. The molecule has 7 heteroatoms. The van der Waals surface area contributed by atoms with Crippen LogP contribution in [0.15, 0.2) is 53.4 Å². The van der Waals surface area contributed by atoms with Crippen LogP contribution in [0.5, 0.6) is 0 Å². The number of amides is 1. The van der Waals surface area contributed by atoms with Crippen LogP contribution in [0, 0.1) is 0 Å². The highest BCUT2D eigenvalue weighted by Gasteiger charge is 2.17. The zero-order valence-corrected chi connectivity index (χ0v) is 16.2. The van der Waals surface area contributed by atoms with Crippen molar-refractivity contribution in [2.75, 3.05) is 11.3 Å². The Labute approximate surface area is 159 Å². The summed E-state index contributed by atoms with van der Waals surface area (Å²) in [7, 11) is -3.84. The van der Waals surface area contributed by atoms with Gasteiger partial charge >= 0.3 is 0 Å². The number of halogens is 1. The lowest BCUT2D eigenvalue weighted by Crippen LogP contribution is -2.24. The maximum atomic E-state index is 12.6. The number of nitrogens with one attached hydrogen (secondary N) is 2. The number of anilines is 1. The molecule has 26 heavy (non-hydrogen) atoms. The molecule has 0 unspecified atom stereocenters. The summed E-state index contributed by atoms with van der Waals surface area (Å²) in [5.74, 6) is -0.281. The Bertz CT molecular complexity index is 853. The third-order valence-corrected chi connectivity index (χ3v) is 5.53. The average Bonchev–Trinajstić information content (AvgIpc) is 2.63. The summed E-state index contributed by atoms with van der Waals surface area (Å²) in [5, 5.41) is 3.12. The van der Waals surface area contributed by atoms with Crippen LogP contribution < -0.4 is 10.0 Å². The van der Waals surface area contributed by atoms with E-state index in [9.17, 15) is 13.2 Å². The summed E-state index contributed by atoms with van der Waals surface area (Å²) in [6.45, 7) is 2.70. The Balaban J connectivity index is 2.07. The highest BCUT2D eigenvalue weighted by Crippen LogP contribution is 2.24. The van der Waals surface area contributed by atoms with Gasteiger partial charge in [-0.3, -0.25) is 9.52 Å². The maximum absolute atomic E-state index is 12.6. The molecule has 1 amide bonds. The van der Waals surface area contributed by atoms with E-state index in [1.54, 1.807) is 36.4 Å². The van der Waals surface area contributed by atoms with Crippen LogP contribution >= 0.6 is 11.6 Å². The molecule has 0 aromatic heterocycles. The van der Waals surface area contributed by atoms with E-state index in [4.69, 9.17) is 11.6 Å². The number of para-hydroxylation sites is 1. The van der Waals surface area contributed by atoms with E-state index in [0.717, 1.165) is 25.7 Å². The molecule has 0 atom stereocenters. The first-order valence-corrected chi connectivity index (χ1v) is 10.5. The third kappa shape index (κ3) is 5.75. The Kier molecular flexibility index (Phi) is 7.48. The van der Waals surface area contributed by atoms with Crippen LogP contribution in [0.2, 0.25) is 5.02 Å². The van der Waals surface area contributed by atoms with Gasteiger partial charge in [-0.05, 0) is 36.8 Å². The molecular weight excluding hydrogens is 372 g/mol. The normalized spacial score (nSPS) is 11.2. The van der Waals surface area contributed by atoms with Gasteiger partial charge in [-0.15, -0.1) is 0 Å². The van der Waals surface area contributed by atoms with Gasteiger partial charge in [0.05, 0.1) is 15.6 Å². The van der Waals surface area contributed by atoms with E-state index in [-0.39, 0.29) is 10.8 Å². The zero-order valence-electron chi connectivity index (χ0n) is 14.7. The fourth-order valence-corrected chi connectivity index (χ4v) is 3.77. The van der Waals surface area contributed by atoms with Gasteiger partial charge in [0.1, 0.15) is 0 Å². The summed E-state index contributed by atoms with van der Waals surface area (Å²) in [5.41, 5.74) is 0.600. The van der Waals surface area contributed by atoms with Gasteiger partial charge in [-0.2, -0.15) is 0 Å². The van der Waals surface area contributed by atoms with Crippen LogP contribution in [0.4, 0.5) is 5.69 Å². The number of carbonyl (C=O) groups excluding carboxylic acids is 1. The Morgan fingerprint density at radius 1 is 1.04 bits per heavy atom. The van der Waals surface area contributed by atoms with E-state index in [2.05, 4.69) is 17.0 Å². The SMILES string of the molecule is CCCCCCNC(=O)c1cccc(S(=O)(=O)Nc2ccccc2Cl)c1. The molecule has 0 bridgehead atoms. The lowest BCUT2D eigenvalue weighted by Gasteiger charge is -2.11. The van der Waals surface area contributed by atoms with Crippen molar-refractivity contribution in [3.05, 3.63) is 59.1 Å². The fraction of sp³-hybridized carbons (Fsp3) is 0.316. The second-order valence-electron chi connectivity index (χ2n) is 5.93. The number of hydrogen-bond acceptors (Lipinski definition) is 3. The van der Waals surface area contributed by atoms with Crippen molar-refractivity contribution in [3.8, 4) is 0 Å². The summed E-state index contributed by atoms with van der Waals surface area (Å²) < 4.78 is 27.6. The minimum absolute atomic E-state index is 0.0102. The Morgan fingerprint density at radius 3 is 2.54 bits per heavy atom. The van der Waals surface area contributed by atoms with Gasteiger partial charge in [-0.25, -0.2) is 8.42 Å². The van der Waals surface area contributed by atoms with Crippen LogP contribution in [-0.4, -0.2) is 20.9 Å². The van der Waals surface area contributed by atoms with Gasteiger partial charge in [-0.1, -0.05) is 56.0 Å². The highest BCUT2D eigenvalue weighted by atomic mass is 35.5. The molecule has 0 radical (unpaired) electrons. The molecule has 0 saturated heterocycles. The highest BCUT2D eigenvalue weighted by molar-refractivity contribution is 7.92. The van der Waals surface area contributed by atoms with Crippen LogP contribution in [0.1, 0.15) is 43.0 Å². The molecule has 2 aromatic rings. The predicted octanol–water partition coefficient (Wildman–Crippen LogP) is 4.45. The molecule has 0 spiro atoms. The van der Waals surface area contributed by atoms with Crippen molar-refractivity contribution in [2.24, 2.45) is 0 Å². The first-order valence-electron chi connectivity index (χ1n) is 8.59. The molecule has 0 fully saturated rings. The summed E-state index contributed by atoms with van der Waals surface area (Å²) in [6, 6.07) is 12.5. The van der Waals surface area contributed by atoms with E-state index in [1.165, 1.54) is 12.1 Å². The van der Waals surface area contributed by atoms with Gasteiger partial charge < -0.3 is 5.32 Å². The molecule has 2 N–H and O–H groups in total. The van der Waals surface area contributed by atoms with Gasteiger partial charge in [0, 0.05) is 12.1 Å². The van der Waals surface area contributed by atoms with E-state index >= 15 is 0 Å². The fourth-order valence-electron chi connectivity index (χ4n) is 2.41. The molecule has 5 nitrogen and oxygen atoms in total. The first-order chi connectivity index (χ1) is 12.4. The third-order valence-electron chi connectivity index (χ3n) is 3.84. The number of rotatable bonds is 9. The van der Waals surface area contributed by atoms with E-state index in [1.807, 2.05) is 0 Å². The maximum Gasteiger partial charge on any atom is 0.261 e. The van der Waals surface area contributed by atoms with E-state index < -0.39 is 10.0 Å². The summed E-state index contributed by atoms with van der Waals surface area (Å²) >= 11 is 6.00. The molecule has 2 aromatic carbocycles. The molecule has 0 aliphatic rings. The van der Waals surface area contributed by atoms with Gasteiger partial charge in [0.15, 0.2) is 0 Å². The van der Waals surface area contributed by atoms with Crippen molar-refractivity contribution >= 4 is 33.2 Å². The summed E-state index contributed by atoms with van der Waals surface area (Å²) in [4.78, 5) is 12.2. The van der Waals surface area contributed by atoms with Crippen molar-refractivity contribution in [3.63, 3.8) is 0 Å². The lowest BCUT2D eigenvalue weighted by molar-refractivity contribution is 0.0952. The van der Waals surface area contributed by atoms with Crippen molar-refractivity contribution in [2.45, 2.75) is 37.5 Å². The second kappa shape index (κ2) is 9.59. The molecule has 0 aliphatic carbocycles. The van der Waals surface area contributed by atoms with Crippen molar-refractivity contribution in [1.29, 1.82) is 0 Å². The molecular formula is C19H23ClN2O3S. The molecule has 0 aliphatic heterocycles.